The Morgan fingerprint density at radius 2 is 1.97 bits per heavy atom. The Morgan fingerprint density at radius 3 is 2.65 bits per heavy atom. The summed E-state index contributed by atoms with van der Waals surface area (Å²) >= 11 is 6.05. The van der Waals surface area contributed by atoms with E-state index < -0.39 is 27.6 Å². The van der Waals surface area contributed by atoms with Gasteiger partial charge in [-0.15, -0.1) is 0 Å². The molecule has 2 atom stereocenters. The number of nitriles is 1. The van der Waals surface area contributed by atoms with Crippen molar-refractivity contribution < 1.29 is 8.60 Å². The van der Waals surface area contributed by atoms with Crippen LogP contribution in [0.1, 0.15) is 43.6 Å². The van der Waals surface area contributed by atoms with Gasteiger partial charge < -0.3 is 0 Å². The maximum absolute atomic E-state index is 13.9. The lowest BCUT2D eigenvalue weighted by molar-refractivity contribution is 0.585. The Balaban J connectivity index is 2.09. The summed E-state index contributed by atoms with van der Waals surface area (Å²) in [5, 5.41) is 9.58. The number of rotatable bonds is 6. The monoisotopic (exact) mass is 455 g/mol. The molecule has 4 nitrogen and oxygen atoms in total. The summed E-state index contributed by atoms with van der Waals surface area (Å²) in [6.07, 6.45) is 2.00. The van der Waals surface area contributed by atoms with E-state index in [4.69, 9.17) is 11.6 Å². The average molecular weight is 456 g/mol. The van der Waals surface area contributed by atoms with Crippen molar-refractivity contribution in [2.45, 2.75) is 38.0 Å². The number of nitrogens with zero attached hydrogens (tertiary/aromatic N) is 2. The van der Waals surface area contributed by atoms with Crippen LogP contribution in [-0.4, -0.2) is 13.9 Å². The number of nitrogens with one attached hydrogen (secondary N) is 1. The van der Waals surface area contributed by atoms with Crippen LogP contribution in [0.25, 0.3) is 11.1 Å². The lowest BCUT2D eigenvalue weighted by atomic mass is 9.95. The summed E-state index contributed by atoms with van der Waals surface area (Å²) in [4.78, 5) is 4.58. The third-order valence-corrected chi connectivity index (χ3v) is 6.47. The molecule has 0 aliphatic rings. The highest BCUT2D eigenvalue weighted by Gasteiger charge is 2.26. The minimum absolute atomic E-state index is 0.300. The maximum atomic E-state index is 13.9. The maximum Gasteiger partial charge on any atom is 0.124 e. The molecule has 0 bridgehead atoms. The van der Waals surface area contributed by atoms with Crippen molar-refractivity contribution in [3.63, 3.8) is 0 Å². The van der Waals surface area contributed by atoms with Crippen molar-refractivity contribution in [2.24, 2.45) is 0 Å². The van der Waals surface area contributed by atoms with Crippen molar-refractivity contribution in [1.82, 2.24) is 9.71 Å². The summed E-state index contributed by atoms with van der Waals surface area (Å²) in [7, 11) is -1.39. The average Bonchev–Trinajstić information content (AvgIpc) is 2.72. The molecule has 0 amide bonds. The molecule has 1 aromatic heterocycles. The van der Waals surface area contributed by atoms with E-state index in [-0.39, 0.29) is 0 Å². The van der Waals surface area contributed by atoms with Gasteiger partial charge in [-0.2, -0.15) is 5.26 Å². The van der Waals surface area contributed by atoms with E-state index >= 15 is 0 Å². The molecule has 0 aliphatic heterocycles. The minimum Gasteiger partial charge on any atom is -0.259 e. The van der Waals surface area contributed by atoms with Gasteiger partial charge in [0.05, 0.1) is 39.1 Å². The van der Waals surface area contributed by atoms with Crippen molar-refractivity contribution in [1.29, 1.82) is 5.26 Å². The largest absolute Gasteiger partial charge is 0.259 e. The summed E-state index contributed by atoms with van der Waals surface area (Å²) in [6, 6.07) is 17.0. The highest BCUT2D eigenvalue weighted by atomic mass is 35.5. The lowest BCUT2D eigenvalue weighted by Crippen LogP contribution is -2.37. The third kappa shape index (κ3) is 5.98. The first-order valence-electron chi connectivity index (χ1n) is 9.76. The second-order valence-electron chi connectivity index (χ2n) is 8.16. The predicted molar refractivity (Wildman–Crippen MR) is 123 cm³/mol. The zero-order chi connectivity index (χ0) is 22.6. The highest BCUT2D eigenvalue weighted by molar-refractivity contribution is 7.84. The van der Waals surface area contributed by atoms with Gasteiger partial charge in [-0.05, 0) is 74.7 Å². The number of hydrogen-bond acceptors (Lipinski definition) is 3. The first-order chi connectivity index (χ1) is 14.7. The van der Waals surface area contributed by atoms with Crippen LogP contribution >= 0.6 is 11.6 Å². The van der Waals surface area contributed by atoms with Gasteiger partial charge in [-0.25, -0.2) is 13.3 Å². The number of hydrogen-bond donors (Lipinski definition) is 1. The number of pyridine rings is 1. The molecule has 7 heteroatoms. The molecule has 3 rings (SSSR count). The first-order valence-corrected chi connectivity index (χ1v) is 11.3. The van der Waals surface area contributed by atoms with E-state index in [0.717, 1.165) is 11.1 Å². The van der Waals surface area contributed by atoms with Crippen LogP contribution in [0.2, 0.25) is 5.02 Å². The van der Waals surface area contributed by atoms with Crippen LogP contribution in [0.15, 0.2) is 60.8 Å². The Morgan fingerprint density at radius 1 is 1.19 bits per heavy atom. The Hall–Kier alpha value is -2.59. The summed E-state index contributed by atoms with van der Waals surface area (Å²) in [5.74, 6) is -0.429. The second-order valence-corrected chi connectivity index (χ2v) is 10.6. The molecule has 3 aromatic rings. The fourth-order valence-corrected chi connectivity index (χ4v) is 4.21. The van der Waals surface area contributed by atoms with Crippen LogP contribution in [0.4, 0.5) is 4.39 Å². The molecule has 0 radical (unpaired) electrons. The van der Waals surface area contributed by atoms with Gasteiger partial charge in [0.1, 0.15) is 5.82 Å². The molecular weight excluding hydrogens is 433 g/mol. The van der Waals surface area contributed by atoms with Gasteiger partial charge >= 0.3 is 0 Å². The topological polar surface area (TPSA) is 65.8 Å². The lowest BCUT2D eigenvalue weighted by Gasteiger charge is -2.25. The zero-order valence-corrected chi connectivity index (χ0v) is 19.1. The molecule has 0 fully saturated rings. The van der Waals surface area contributed by atoms with E-state index in [0.29, 0.717) is 28.3 Å². The summed E-state index contributed by atoms with van der Waals surface area (Å²) in [5.41, 5.74) is 3.50. The van der Waals surface area contributed by atoms with Crippen LogP contribution in [-0.2, 0) is 17.4 Å². The Bertz CT molecular complexity index is 1130. The quantitative estimate of drug-likeness (QED) is 0.514. The number of halogens is 2. The van der Waals surface area contributed by atoms with Crippen LogP contribution < -0.4 is 4.72 Å². The Labute approximate surface area is 189 Å². The molecule has 0 saturated carbocycles. The molecule has 0 spiro atoms. The van der Waals surface area contributed by atoms with Crippen LogP contribution in [0, 0.1) is 17.1 Å². The minimum atomic E-state index is -1.39. The fourth-order valence-electron chi connectivity index (χ4n) is 3.16. The fraction of sp³-hybridized carbons (Fsp3) is 0.250. The first kappa shape index (κ1) is 23.1. The van der Waals surface area contributed by atoms with Crippen LogP contribution in [0.5, 0.6) is 0 Å². The van der Waals surface area contributed by atoms with Gasteiger partial charge in [0, 0.05) is 16.8 Å². The molecule has 0 unspecified atom stereocenters. The molecular formula is C24H23ClFN3OS. The van der Waals surface area contributed by atoms with Crippen molar-refractivity contribution in [3.05, 3.63) is 88.5 Å². The zero-order valence-electron chi connectivity index (χ0n) is 17.5. The molecule has 2 aromatic carbocycles. The molecule has 0 aliphatic carbocycles. The van der Waals surface area contributed by atoms with Crippen molar-refractivity contribution >= 4 is 22.6 Å². The van der Waals surface area contributed by atoms with Gasteiger partial charge in [0.25, 0.3) is 0 Å². The van der Waals surface area contributed by atoms with Gasteiger partial charge in [-0.1, -0.05) is 29.8 Å². The van der Waals surface area contributed by atoms with E-state index in [2.05, 4.69) is 15.8 Å². The van der Waals surface area contributed by atoms with E-state index in [1.807, 2.05) is 45.0 Å². The summed E-state index contributed by atoms with van der Waals surface area (Å²) in [6.45, 7) is 5.63. The normalized spacial score (nSPS) is 13.4. The number of aromatic nitrogens is 1. The smallest absolute Gasteiger partial charge is 0.124 e. The SMILES string of the molecule is CC(C)(C)[S@](=O)N[C@@H](Cc1cc(F)cc(Cl)c1)c1ncccc1-c1cccc(C#N)c1. The van der Waals surface area contributed by atoms with E-state index in [9.17, 15) is 13.9 Å². The number of benzene rings is 2. The Kier molecular flexibility index (Phi) is 7.22. The molecule has 160 valence electrons. The summed E-state index contributed by atoms with van der Waals surface area (Å²) < 4.78 is 29.6. The predicted octanol–water partition coefficient (Wildman–Crippen LogP) is 5.75. The highest BCUT2D eigenvalue weighted by Crippen LogP contribution is 2.31. The van der Waals surface area contributed by atoms with Crippen LogP contribution in [0.3, 0.4) is 0 Å². The van der Waals surface area contributed by atoms with Gasteiger partial charge in [0.2, 0.25) is 0 Å². The third-order valence-electron chi connectivity index (χ3n) is 4.64. The molecule has 1 heterocycles. The molecule has 0 saturated heterocycles. The van der Waals surface area contributed by atoms with Gasteiger partial charge in [0.15, 0.2) is 0 Å². The molecule has 31 heavy (non-hydrogen) atoms. The van der Waals surface area contributed by atoms with Crippen molar-refractivity contribution in [2.75, 3.05) is 0 Å². The molecule has 1 N–H and O–H groups in total. The van der Waals surface area contributed by atoms with E-state index in [1.165, 1.54) is 12.1 Å². The van der Waals surface area contributed by atoms with Crippen molar-refractivity contribution in [3.8, 4) is 17.2 Å². The second kappa shape index (κ2) is 9.69. The van der Waals surface area contributed by atoms with E-state index in [1.54, 1.807) is 24.4 Å². The standard InChI is InChI=1S/C24H23ClFN3OS/c1-24(2,3)31(30)29-22(13-17-11-19(25)14-20(26)12-17)23-21(8-5-9-28-23)18-7-4-6-16(10-18)15-27/h4-12,14,22,29H,13H2,1-3H3/t22-,31-/m0/s1. The van der Waals surface area contributed by atoms with Gasteiger partial charge in [-0.3, -0.25) is 4.98 Å².